The van der Waals surface area contributed by atoms with Gasteiger partial charge in [-0.1, -0.05) is 26.3 Å². The number of carbonyl (C=O) groups is 1. The van der Waals surface area contributed by atoms with E-state index < -0.39 is 35.3 Å². The molecule has 4 rings (SSSR count). The van der Waals surface area contributed by atoms with E-state index in [0.29, 0.717) is 5.56 Å². The molecule has 4 nitrogen and oxygen atoms in total. The highest BCUT2D eigenvalue weighted by atomic mass is 19.2. The third-order valence-corrected chi connectivity index (χ3v) is 5.44. The highest BCUT2D eigenvalue weighted by molar-refractivity contribution is 6.03. The predicted octanol–water partition coefficient (Wildman–Crippen LogP) is 5.90. The van der Waals surface area contributed by atoms with Crippen LogP contribution in [0, 0.1) is 30.3 Å². The van der Waals surface area contributed by atoms with E-state index in [4.69, 9.17) is 0 Å². The minimum Gasteiger partial charge on any atom is -0.393 e. The zero-order valence-electron chi connectivity index (χ0n) is 19.0. The van der Waals surface area contributed by atoms with Crippen LogP contribution >= 0.6 is 0 Å². The Kier molecular flexibility index (Phi) is 10.2. The molecule has 0 amide bonds. The Bertz CT molecular complexity index is 883. The quantitative estimate of drug-likeness (QED) is 0.508. The summed E-state index contributed by atoms with van der Waals surface area (Å²) in [5.74, 6) is -3.82. The zero-order chi connectivity index (χ0) is 23.7. The van der Waals surface area contributed by atoms with Crippen molar-refractivity contribution in [3.05, 3.63) is 58.9 Å². The molecule has 0 bridgehead atoms. The molecule has 1 heterocycles. The van der Waals surface area contributed by atoms with E-state index in [-0.39, 0.29) is 29.8 Å². The van der Waals surface area contributed by atoms with Crippen molar-refractivity contribution in [1.82, 2.24) is 5.32 Å². The molecule has 1 aliphatic carbocycles. The van der Waals surface area contributed by atoms with Crippen LogP contribution in [0.1, 0.15) is 61.9 Å². The van der Waals surface area contributed by atoms with Crippen molar-refractivity contribution >= 4 is 17.2 Å². The van der Waals surface area contributed by atoms with Crippen LogP contribution < -0.4 is 10.6 Å². The van der Waals surface area contributed by atoms with Gasteiger partial charge in [0.15, 0.2) is 17.4 Å². The summed E-state index contributed by atoms with van der Waals surface area (Å²) in [7, 11) is 0. The van der Waals surface area contributed by atoms with Crippen molar-refractivity contribution < 1.29 is 23.1 Å². The van der Waals surface area contributed by atoms with Crippen LogP contribution in [0.2, 0.25) is 0 Å². The first-order chi connectivity index (χ1) is 15.4. The minimum absolute atomic E-state index is 0.0483. The Morgan fingerprint density at radius 2 is 1.66 bits per heavy atom. The number of aryl methyl sites for hydroxylation is 1. The Balaban J connectivity index is 0.000000387. The molecule has 3 N–H and O–H groups in total. The van der Waals surface area contributed by atoms with Gasteiger partial charge in [0.25, 0.3) is 0 Å². The first-order valence-corrected chi connectivity index (χ1v) is 11.3. The lowest BCUT2D eigenvalue weighted by Crippen LogP contribution is -2.34. The van der Waals surface area contributed by atoms with Gasteiger partial charge < -0.3 is 15.7 Å². The first kappa shape index (κ1) is 25.9. The van der Waals surface area contributed by atoms with Crippen LogP contribution in [0.25, 0.3) is 0 Å². The standard InChI is InChI=1S/C18H16F3NO2.C5H11N.C2H6/c1-9-2-5-15(14(20)6-9)22-17-12(3-4-13(19)16(17)21)18(24)10-7-11(23)8-10;1-2-4-6-5-3-1;1-2/h2-6,10-11,22-23H,7-8H2,1H3;6H,1-5H2;1-2H3. The van der Waals surface area contributed by atoms with Gasteiger partial charge >= 0.3 is 0 Å². The van der Waals surface area contributed by atoms with Crippen molar-refractivity contribution in [3.8, 4) is 0 Å². The number of piperidine rings is 1. The molecule has 32 heavy (non-hydrogen) atoms. The van der Waals surface area contributed by atoms with Gasteiger partial charge in [0.1, 0.15) is 5.82 Å². The molecular weight excluding hydrogens is 417 g/mol. The molecule has 1 aliphatic heterocycles. The second-order valence-electron chi connectivity index (χ2n) is 7.89. The molecule has 2 aromatic carbocycles. The number of Topliss-reactive ketones (excluding diaryl/α,β-unsaturated/α-hetero) is 1. The molecule has 0 unspecified atom stereocenters. The Morgan fingerprint density at radius 3 is 2.16 bits per heavy atom. The van der Waals surface area contributed by atoms with E-state index >= 15 is 0 Å². The highest BCUT2D eigenvalue weighted by Crippen LogP contribution is 2.35. The lowest BCUT2D eigenvalue weighted by atomic mass is 9.77. The number of aliphatic hydroxyl groups is 1. The third-order valence-electron chi connectivity index (χ3n) is 5.44. The summed E-state index contributed by atoms with van der Waals surface area (Å²) in [4.78, 5) is 12.5. The van der Waals surface area contributed by atoms with Gasteiger partial charge in [-0.05, 0) is 75.5 Å². The monoisotopic (exact) mass is 450 g/mol. The van der Waals surface area contributed by atoms with Gasteiger partial charge in [0.05, 0.1) is 17.5 Å². The number of ketones is 1. The van der Waals surface area contributed by atoms with Crippen molar-refractivity contribution in [2.45, 2.75) is 59.0 Å². The van der Waals surface area contributed by atoms with E-state index in [2.05, 4.69) is 10.6 Å². The maximum absolute atomic E-state index is 14.2. The molecule has 2 fully saturated rings. The number of benzene rings is 2. The van der Waals surface area contributed by atoms with Crippen LogP contribution in [0.3, 0.4) is 0 Å². The average molecular weight is 451 g/mol. The van der Waals surface area contributed by atoms with E-state index in [1.807, 2.05) is 13.8 Å². The van der Waals surface area contributed by atoms with Gasteiger partial charge in [-0.2, -0.15) is 0 Å². The predicted molar refractivity (Wildman–Crippen MR) is 122 cm³/mol. The second kappa shape index (κ2) is 12.6. The summed E-state index contributed by atoms with van der Waals surface area (Å²) in [6.45, 7) is 8.20. The summed E-state index contributed by atoms with van der Waals surface area (Å²) in [5, 5.41) is 15.1. The number of rotatable bonds is 4. The van der Waals surface area contributed by atoms with E-state index in [1.54, 1.807) is 13.0 Å². The van der Waals surface area contributed by atoms with Crippen LogP contribution in [-0.2, 0) is 0 Å². The van der Waals surface area contributed by atoms with E-state index in [1.165, 1.54) is 50.6 Å². The van der Waals surface area contributed by atoms with E-state index in [0.717, 1.165) is 6.07 Å². The van der Waals surface area contributed by atoms with Gasteiger partial charge in [-0.3, -0.25) is 4.79 Å². The van der Waals surface area contributed by atoms with Crippen LogP contribution in [0.15, 0.2) is 30.3 Å². The van der Waals surface area contributed by atoms with Gasteiger partial charge in [-0.25, -0.2) is 13.2 Å². The topological polar surface area (TPSA) is 61.4 Å². The molecule has 1 saturated carbocycles. The lowest BCUT2D eigenvalue weighted by Gasteiger charge is -2.30. The highest BCUT2D eigenvalue weighted by Gasteiger charge is 2.35. The molecule has 1 saturated heterocycles. The van der Waals surface area contributed by atoms with Crippen LogP contribution in [-0.4, -0.2) is 30.1 Å². The molecule has 7 heteroatoms. The summed E-state index contributed by atoms with van der Waals surface area (Å²) >= 11 is 0. The molecule has 0 atom stereocenters. The summed E-state index contributed by atoms with van der Waals surface area (Å²) < 4.78 is 41.8. The number of nitrogens with one attached hydrogen (secondary N) is 2. The fraction of sp³-hybridized carbons (Fsp3) is 0.480. The maximum atomic E-state index is 14.2. The number of carbonyl (C=O) groups excluding carboxylic acids is 1. The number of anilines is 2. The van der Waals surface area contributed by atoms with Crippen LogP contribution in [0.5, 0.6) is 0 Å². The van der Waals surface area contributed by atoms with Crippen molar-refractivity contribution in [2.75, 3.05) is 18.4 Å². The normalized spacial score (nSPS) is 19.5. The smallest absolute Gasteiger partial charge is 0.182 e. The fourth-order valence-corrected chi connectivity index (χ4v) is 3.56. The lowest BCUT2D eigenvalue weighted by molar-refractivity contribution is 0.0368. The van der Waals surface area contributed by atoms with Crippen molar-refractivity contribution in [3.63, 3.8) is 0 Å². The third kappa shape index (κ3) is 6.81. The molecular formula is C25H33F3N2O2. The van der Waals surface area contributed by atoms with Gasteiger partial charge in [0, 0.05) is 11.5 Å². The SMILES string of the molecule is C1CCNCC1.CC.Cc1ccc(Nc2c(C(=O)C3CC(O)C3)ccc(F)c2F)c(F)c1. The maximum Gasteiger partial charge on any atom is 0.182 e. The minimum atomic E-state index is -1.24. The number of hydrogen-bond donors (Lipinski definition) is 3. The number of halogens is 3. The molecule has 2 aliphatic rings. The summed E-state index contributed by atoms with van der Waals surface area (Å²) in [6, 6.07) is 6.32. The average Bonchev–Trinajstić information content (AvgIpc) is 2.79. The Hall–Kier alpha value is -2.38. The molecule has 2 aromatic rings. The van der Waals surface area contributed by atoms with Gasteiger partial charge in [-0.15, -0.1) is 0 Å². The fourth-order valence-electron chi connectivity index (χ4n) is 3.56. The Morgan fingerprint density at radius 1 is 1.00 bits per heavy atom. The molecule has 176 valence electrons. The van der Waals surface area contributed by atoms with E-state index in [9.17, 15) is 23.1 Å². The second-order valence-corrected chi connectivity index (χ2v) is 7.89. The number of hydrogen-bond acceptors (Lipinski definition) is 4. The van der Waals surface area contributed by atoms with Crippen molar-refractivity contribution in [1.29, 1.82) is 0 Å². The molecule has 0 spiro atoms. The number of aliphatic hydroxyl groups excluding tert-OH is 1. The first-order valence-electron chi connectivity index (χ1n) is 11.3. The summed E-state index contributed by atoms with van der Waals surface area (Å²) in [5.41, 5.74) is 0.195. The largest absolute Gasteiger partial charge is 0.393 e. The molecule has 0 radical (unpaired) electrons. The zero-order valence-corrected chi connectivity index (χ0v) is 19.0. The molecule has 0 aromatic heterocycles. The Labute approximate surface area is 188 Å². The van der Waals surface area contributed by atoms with Crippen molar-refractivity contribution in [2.24, 2.45) is 5.92 Å². The summed E-state index contributed by atoms with van der Waals surface area (Å²) in [6.07, 6.45) is 4.24. The van der Waals surface area contributed by atoms with Crippen LogP contribution in [0.4, 0.5) is 24.5 Å². The van der Waals surface area contributed by atoms with Gasteiger partial charge in [0.2, 0.25) is 0 Å².